The molecule has 1 aromatic carbocycles. The summed E-state index contributed by atoms with van der Waals surface area (Å²) in [5.41, 5.74) is 1.03. The second-order valence-corrected chi connectivity index (χ2v) is 4.56. The van der Waals surface area contributed by atoms with Gasteiger partial charge in [0.05, 0.1) is 6.04 Å². The maximum absolute atomic E-state index is 13.6. The van der Waals surface area contributed by atoms with Crippen molar-refractivity contribution in [1.29, 1.82) is 0 Å². The van der Waals surface area contributed by atoms with Crippen LogP contribution < -0.4 is 5.32 Å². The lowest BCUT2D eigenvalue weighted by Crippen LogP contribution is -2.35. The third kappa shape index (κ3) is 3.16. The molecule has 2 rings (SSSR count). The van der Waals surface area contributed by atoms with Crippen LogP contribution in [0.3, 0.4) is 0 Å². The lowest BCUT2D eigenvalue weighted by molar-refractivity contribution is 0.201. The first-order valence-corrected chi connectivity index (χ1v) is 5.69. The van der Waals surface area contributed by atoms with Crippen LogP contribution in [-0.4, -0.2) is 12.7 Å². The van der Waals surface area contributed by atoms with Gasteiger partial charge in [-0.3, -0.25) is 0 Å². The zero-order chi connectivity index (χ0) is 9.97. The second kappa shape index (κ2) is 5.83. The molecule has 0 aromatic heterocycles. The summed E-state index contributed by atoms with van der Waals surface area (Å²) in [5.74, 6) is 0. The Morgan fingerprint density at radius 3 is 2.87 bits per heavy atom. The van der Waals surface area contributed by atoms with Gasteiger partial charge >= 0.3 is 0 Å². The Morgan fingerprint density at radius 1 is 1.40 bits per heavy atom. The van der Waals surface area contributed by atoms with Crippen molar-refractivity contribution in [2.45, 2.75) is 25.1 Å². The van der Waals surface area contributed by atoms with Gasteiger partial charge in [0, 0.05) is 4.47 Å². The van der Waals surface area contributed by atoms with Crippen molar-refractivity contribution >= 4 is 28.3 Å². The minimum Gasteiger partial charge on any atom is -0.308 e. The van der Waals surface area contributed by atoms with Crippen LogP contribution >= 0.6 is 28.3 Å². The van der Waals surface area contributed by atoms with Crippen LogP contribution in [0.5, 0.6) is 0 Å². The van der Waals surface area contributed by atoms with E-state index in [1.165, 1.54) is 0 Å². The molecular formula is C11H14BrClFN. The molecule has 1 heterocycles. The van der Waals surface area contributed by atoms with Crippen LogP contribution in [0.4, 0.5) is 4.39 Å². The monoisotopic (exact) mass is 293 g/mol. The van der Waals surface area contributed by atoms with Crippen molar-refractivity contribution in [3.05, 3.63) is 34.3 Å². The molecule has 1 N–H and O–H groups in total. The number of rotatable bonds is 1. The van der Waals surface area contributed by atoms with E-state index in [0.717, 1.165) is 23.0 Å². The topological polar surface area (TPSA) is 12.0 Å². The van der Waals surface area contributed by atoms with E-state index in [9.17, 15) is 4.39 Å². The molecule has 1 fully saturated rings. The average molecular weight is 295 g/mol. The molecule has 1 aromatic rings. The SMILES string of the molecule is Cl.FC1CCCNC1c1cccc(Br)c1. The lowest BCUT2D eigenvalue weighted by Gasteiger charge is -2.27. The fourth-order valence-corrected chi connectivity index (χ4v) is 2.29. The molecule has 1 saturated heterocycles. The first kappa shape index (κ1) is 12.9. The van der Waals surface area contributed by atoms with E-state index in [1.807, 2.05) is 24.3 Å². The van der Waals surface area contributed by atoms with Crippen LogP contribution in [0, 0.1) is 0 Å². The number of hydrogen-bond acceptors (Lipinski definition) is 1. The number of nitrogens with one attached hydrogen (secondary N) is 1. The second-order valence-electron chi connectivity index (χ2n) is 3.65. The van der Waals surface area contributed by atoms with E-state index in [0.29, 0.717) is 6.42 Å². The Kier molecular flexibility index (Phi) is 5.03. The summed E-state index contributed by atoms with van der Waals surface area (Å²) in [5, 5.41) is 3.22. The van der Waals surface area contributed by atoms with Crippen molar-refractivity contribution in [3.63, 3.8) is 0 Å². The number of halogens is 3. The predicted molar refractivity (Wildman–Crippen MR) is 66.3 cm³/mol. The third-order valence-electron chi connectivity index (χ3n) is 2.59. The van der Waals surface area contributed by atoms with E-state index < -0.39 is 6.17 Å². The van der Waals surface area contributed by atoms with Gasteiger partial charge in [0.1, 0.15) is 6.17 Å². The van der Waals surface area contributed by atoms with Crippen molar-refractivity contribution in [3.8, 4) is 0 Å². The van der Waals surface area contributed by atoms with E-state index in [1.54, 1.807) is 0 Å². The van der Waals surface area contributed by atoms with Crippen molar-refractivity contribution in [2.75, 3.05) is 6.54 Å². The third-order valence-corrected chi connectivity index (χ3v) is 3.08. The van der Waals surface area contributed by atoms with Crippen LogP contribution in [0.25, 0.3) is 0 Å². The van der Waals surface area contributed by atoms with Crippen LogP contribution in [-0.2, 0) is 0 Å². The van der Waals surface area contributed by atoms with E-state index >= 15 is 0 Å². The smallest absolute Gasteiger partial charge is 0.120 e. The molecule has 4 heteroatoms. The summed E-state index contributed by atoms with van der Waals surface area (Å²) in [6.07, 6.45) is 0.855. The summed E-state index contributed by atoms with van der Waals surface area (Å²) in [6, 6.07) is 7.74. The molecule has 1 nitrogen and oxygen atoms in total. The van der Waals surface area contributed by atoms with Crippen LogP contribution in [0.15, 0.2) is 28.7 Å². The van der Waals surface area contributed by atoms with Gasteiger partial charge in [-0.15, -0.1) is 12.4 Å². The lowest BCUT2D eigenvalue weighted by atomic mass is 9.96. The Morgan fingerprint density at radius 2 is 2.20 bits per heavy atom. The predicted octanol–water partition coefficient (Wildman–Crippen LogP) is 3.63. The van der Waals surface area contributed by atoms with Gasteiger partial charge in [-0.25, -0.2) is 4.39 Å². The molecule has 0 spiro atoms. The molecule has 15 heavy (non-hydrogen) atoms. The molecular weight excluding hydrogens is 280 g/mol. The highest BCUT2D eigenvalue weighted by atomic mass is 79.9. The van der Waals surface area contributed by atoms with Gasteiger partial charge < -0.3 is 5.32 Å². The number of hydrogen-bond donors (Lipinski definition) is 1. The highest BCUT2D eigenvalue weighted by Crippen LogP contribution is 2.27. The van der Waals surface area contributed by atoms with Gasteiger partial charge in [-0.05, 0) is 37.1 Å². The molecule has 0 bridgehead atoms. The minimum absolute atomic E-state index is 0. The first-order chi connectivity index (χ1) is 6.77. The van der Waals surface area contributed by atoms with E-state index in [-0.39, 0.29) is 18.4 Å². The Labute approximate surface area is 104 Å². The maximum Gasteiger partial charge on any atom is 0.120 e. The molecule has 1 aliphatic rings. The summed E-state index contributed by atoms with van der Waals surface area (Å²) < 4.78 is 14.6. The fraction of sp³-hybridized carbons (Fsp3) is 0.455. The van der Waals surface area contributed by atoms with E-state index in [4.69, 9.17) is 0 Å². The van der Waals surface area contributed by atoms with Gasteiger partial charge in [0.25, 0.3) is 0 Å². The number of piperidine rings is 1. The highest BCUT2D eigenvalue weighted by molar-refractivity contribution is 9.10. The molecule has 0 amide bonds. The normalized spacial score (nSPS) is 25.7. The summed E-state index contributed by atoms with van der Waals surface area (Å²) >= 11 is 3.40. The molecule has 0 radical (unpaired) electrons. The quantitative estimate of drug-likeness (QED) is 0.834. The van der Waals surface area contributed by atoms with Crippen LogP contribution in [0.1, 0.15) is 24.4 Å². The Bertz CT molecular complexity index is 321. The molecule has 0 aliphatic carbocycles. The summed E-state index contributed by atoms with van der Waals surface area (Å²) in [6.45, 7) is 0.914. The molecule has 0 saturated carbocycles. The average Bonchev–Trinajstić information content (AvgIpc) is 2.18. The van der Waals surface area contributed by atoms with Crippen LogP contribution in [0.2, 0.25) is 0 Å². The number of alkyl halides is 1. The molecule has 1 aliphatic heterocycles. The van der Waals surface area contributed by atoms with Gasteiger partial charge in [0.15, 0.2) is 0 Å². The molecule has 2 atom stereocenters. The highest BCUT2D eigenvalue weighted by Gasteiger charge is 2.25. The van der Waals surface area contributed by atoms with Gasteiger partial charge in [-0.1, -0.05) is 28.1 Å². The zero-order valence-electron chi connectivity index (χ0n) is 8.25. The fourth-order valence-electron chi connectivity index (χ4n) is 1.88. The van der Waals surface area contributed by atoms with Gasteiger partial charge in [0.2, 0.25) is 0 Å². The largest absolute Gasteiger partial charge is 0.308 e. The summed E-state index contributed by atoms with van der Waals surface area (Å²) in [4.78, 5) is 0. The summed E-state index contributed by atoms with van der Waals surface area (Å²) in [7, 11) is 0. The molecule has 84 valence electrons. The van der Waals surface area contributed by atoms with Gasteiger partial charge in [-0.2, -0.15) is 0 Å². The molecule has 2 unspecified atom stereocenters. The Balaban J connectivity index is 0.00000112. The maximum atomic E-state index is 13.6. The van der Waals surface area contributed by atoms with Crippen molar-refractivity contribution in [2.24, 2.45) is 0 Å². The minimum atomic E-state index is -0.752. The first-order valence-electron chi connectivity index (χ1n) is 4.90. The Hall–Kier alpha value is -0.120. The standard InChI is InChI=1S/C11H13BrFN.ClH/c12-9-4-1-3-8(7-9)11-10(13)5-2-6-14-11;/h1,3-4,7,10-11,14H,2,5-6H2;1H. The zero-order valence-corrected chi connectivity index (χ0v) is 10.7. The van der Waals surface area contributed by atoms with E-state index in [2.05, 4.69) is 21.2 Å². The number of benzene rings is 1. The van der Waals surface area contributed by atoms with Crippen molar-refractivity contribution < 1.29 is 4.39 Å². The van der Waals surface area contributed by atoms with Crippen molar-refractivity contribution in [1.82, 2.24) is 5.32 Å².